The van der Waals surface area contributed by atoms with Gasteiger partial charge in [0.15, 0.2) is 0 Å². The molecule has 0 aromatic heterocycles. The first-order valence-corrected chi connectivity index (χ1v) is 7.44. The molecule has 21 heavy (non-hydrogen) atoms. The lowest BCUT2D eigenvalue weighted by Gasteiger charge is -2.43. The van der Waals surface area contributed by atoms with Gasteiger partial charge in [-0.05, 0) is 24.4 Å². The predicted molar refractivity (Wildman–Crippen MR) is 78.5 cm³/mol. The molecule has 0 spiro atoms. The van der Waals surface area contributed by atoms with Crippen molar-refractivity contribution in [2.75, 3.05) is 5.75 Å². The molecule has 0 saturated carbocycles. The second kappa shape index (κ2) is 6.62. The van der Waals surface area contributed by atoms with Crippen molar-refractivity contribution in [1.82, 2.24) is 9.62 Å². The van der Waals surface area contributed by atoms with Crippen LogP contribution < -0.4 is 5.32 Å². The zero-order chi connectivity index (χ0) is 15.4. The quantitative estimate of drug-likeness (QED) is 0.596. The minimum Gasteiger partial charge on any atom is -0.481 e. The predicted octanol–water partition coefficient (Wildman–Crippen LogP) is 0.677. The molecule has 2 N–H and O–H groups in total. The topological polar surface area (TPSA) is 86.7 Å². The molecule has 1 aromatic rings. The lowest BCUT2D eigenvalue weighted by Crippen LogP contribution is -2.67. The number of carbonyl (C=O) groups is 3. The molecule has 0 unspecified atom stereocenters. The molecule has 0 aliphatic carbocycles. The number of carboxylic acid groups (broad SMARTS) is 1. The van der Waals surface area contributed by atoms with Gasteiger partial charge >= 0.3 is 5.97 Å². The lowest BCUT2D eigenvalue weighted by atomic mass is 10.0. The van der Waals surface area contributed by atoms with Crippen LogP contribution in [0.3, 0.4) is 0 Å². The summed E-state index contributed by atoms with van der Waals surface area (Å²) < 4.78 is 1.39. The lowest BCUT2D eigenvalue weighted by molar-refractivity contribution is -0.143. The van der Waals surface area contributed by atoms with Crippen molar-refractivity contribution < 1.29 is 19.5 Å². The van der Waals surface area contributed by atoms with E-state index in [1.165, 1.54) is 4.31 Å². The Morgan fingerprint density at radius 3 is 2.57 bits per heavy atom. The van der Waals surface area contributed by atoms with Crippen LogP contribution in [0.5, 0.6) is 0 Å². The second-order valence-electron chi connectivity index (χ2n) is 4.78. The van der Waals surface area contributed by atoms with Crippen LogP contribution in [0, 0.1) is 0 Å². The second-order valence-corrected chi connectivity index (χ2v) is 5.72. The summed E-state index contributed by atoms with van der Waals surface area (Å²) >= 11 is 0.955. The Balaban J connectivity index is 1.83. The average molecular weight is 308 g/mol. The van der Waals surface area contributed by atoms with Gasteiger partial charge in [0.1, 0.15) is 11.8 Å². The van der Waals surface area contributed by atoms with Crippen molar-refractivity contribution in [2.24, 2.45) is 0 Å². The minimum absolute atomic E-state index is 0.166. The van der Waals surface area contributed by atoms with E-state index < -0.39 is 12.0 Å². The Bertz CT molecular complexity index is 549. The Kier molecular flexibility index (Phi) is 4.85. The van der Waals surface area contributed by atoms with Crippen molar-refractivity contribution in [1.29, 1.82) is 0 Å². The number of nitrogens with one attached hydrogen (secondary N) is 1. The van der Waals surface area contributed by atoms with E-state index in [2.05, 4.69) is 5.32 Å². The van der Waals surface area contributed by atoms with E-state index in [0.717, 1.165) is 17.5 Å². The standard InChI is InChI=1S/C14H16N2O4S/c1-9-13(14(20)16(9)21-8-12(18)19)15-11(17)7-10-5-3-2-4-6-10/h2-6,9,13H,7-8H2,1H3,(H,15,17)(H,18,19)/t9-,13-/m0/s1. The fraction of sp³-hybridized carbons (Fsp3) is 0.357. The van der Waals surface area contributed by atoms with Gasteiger partial charge in [0.25, 0.3) is 5.91 Å². The monoisotopic (exact) mass is 308 g/mol. The SMILES string of the molecule is C[C@H]1[C@H](NC(=O)Cc2ccccc2)C(=O)N1SCC(=O)O. The first-order valence-electron chi connectivity index (χ1n) is 6.50. The molecule has 1 aliphatic heterocycles. The van der Waals surface area contributed by atoms with E-state index in [4.69, 9.17) is 5.11 Å². The molecule has 2 amide bonds. The summed E-state index contributed by atoms with van der Waals surface area (Å²) in [5.41, 5.74) is 0.881. The molecule has 2 rings (SSSR count). The zero-order valence-electron chi connectivity index (χ0n) is 11.5. The molecular weight excluding hydrogens is 292 g/mol. The van der Waals surface area contributed by atoms with Gasteiger partial charge in [0.2, 0.25) is 5.91 Å². The zero-order valence-corrected chi connectivity index (χ0v) is 12.3. The van der Waals surface area contributed by atoms with Gasteiger partial charge in [0.05, 0.1) is 12.5 Å². The molecule has 112 valence electrons. The third kappa shape index (κ3) is 3.75. The van der Waals surface area contributed by atoms with E-state index in [1.807, 2.05) is 30.3 Å². The van der Waals surface area contributed by atoms with Crippen LogP contribution in [-0.4, -0.2) is 45.0 Å². The summed E-state index contributed by atoms with van der Waals surface area (Å²) in [6, 6.07) is 8.50. The van der Waals surface area contributed by atoms with Gasteiger partial charge in [-0.3, -0.25) is 18.7 Å². The Hall–Kier alpha value is -2.02. The van der Waals surface area contributed by atoms with Crippen molar-refractivity contribution in [3.63, 3.8) is 0 Å². The van der Waals surface area contributed by atoms with Crippen LogP contribution in [0.4, 0.5) is 0 Å². The maximum atomic E-state index is 11.9. The van der Waals surface area contributed by atoms with Gasteiger partial charge in [-0.2, -0.15) is 0 Å². The van der Waals surface area contributed by atoms with Gasteiger partial charge < -0.3 is 10.4 Å². The molecule has 0 radical (unpaired) electrons. The molecule has 1 aliphatic rings. The summed E-state index contributed by atoms with van der Waals surface area (Å²) in [5.74, 6) is -1.61. The number of aliphatic carboxylic acids is 1. The number of β-lactam (4-membered cyclic amide) rings is 1. The molecule has 1 fully saturated rings. The Labute approximate surface area is 126 Å². The summed E-state index contributed by atoms with van der Waals surface area (Å²) in [5, 5.41) is 11.3. The number of rotatable bonds is 6. The summed E-state index contributed by atoms with van der Waals surface area (Å²) in [6.07, 6.45) is 0.222. The van der Waals surface area contributed by atoms with Crippen LogP contribution in [0.25, 0.3) is 0 Å². The van der Waals surface area contributed by atoms with E-state index in [-0.39, 0.29) is 30.0 Å². The number of nitrogens with zero attached hydrogens (tertiary/aromatic N) is 1. The molecule has 1 aromatic carbocycles. The summed E-state index contributed by atoms with van der Waals surface area (Å²) in [6.45, 7) is 1.78. The smallest absolute Gasteiger partial charge is 0.315 e. The first-order chi connectivity index (χ1) is 9.99. The maximum Gasteiger partial charge on any atom is 0.315 e. The Morgan fingerprint density at radius 1 is 1.33 bits per heavy atom. The third-order valence-electron chi connectivity index (χ3n) is 3.19. The fourth-order valence-corrected chi connectivity index (χ4v) is 2.94. The van der Waals surface area contributed by atoms with Crippen LogP contribution in [-0.2, 0) is 20.8 Å². The number of carbonyl (C=O) groups excluding carboxylic acids is 2. The van der Waals surface area contributed by atoms with Crippen molar-refractivity contribution >= 4 is 29.7 Å². The first kappa shape index (κ1) is 15.4. The van der Waals surface area contributed by atoms with Gasteiger partial charge in [-0.25, -0.2) is 0 Å². The maximum absolute atomic E-state index is 11.9. The number of carboxylic acids is 1. The number of amides is 2. The van der Waals surface area contributed by atoms with E-state index in [9.17, 15) is 14.4 Å². The average Bonchev–Trinajstić information content (AvgIpc) is 2.45. The fourth-order valence-electron chi connectivity index (χ4n) is 2.09. The van der Waals surface area contributed by atoms with Crippen LogP contribution in [0.2, 0.25) is 0 Å². The van der Waals surface area contributed by atoms with Crippen LogP contribution >= 0.6 is 11.9 Å². The molecule has 1 heterocycles. The summed E-state index contributed by atoms with van der Waals surface area (Å²) in [4.78, 5) is 34.3. The van der Waals surface area contributed by atoms with E-state index in [0.29, 0.717) is 0 Å². The minimum atomic E-state index is -0.975. The Morgan fingerprint density at radius 2 is 2.00 bits per heavy atom. The molecule has 7 heteroatoms. The van der Waals surface area contributed by atoms with Crippen molar-refractivity contribution in [3.8, 4) is 0 Å². The highest BCUT2D eigenvalue weighted by atomic mass is 32.2. The van der Waals surface area contributed by atoms with Gasteiger partial charge in [0, 0.05) is 0 Å². The number of hydrogen-bond donors (Lipinski definition) is 2. The van der Waals surface area contributed by atoms with Crippen molar-refractivity contribution in [3.05, 3.63) is 35.9 Å². The van der Waals surface area contributed by atoms with Crippen LogP contribution in [0.1, 0.15) is 12.5 Å². The summed E-state index contributed by atoms with van der Waals surface area (Å²) in [7, 11) is 0. The van der Waals surface area contributed by atoms with E-state index in [1.54, 1.807) is 6.92 Å². The number of hydrogen-bond acceptors (Lipinski definition) is 4. The van der Waals surface area contributed by atoms with Gasteiger partial charge in [-0.15, -0.1) is 0 Å². The molecule has 1 saturated heterocycles. The van der Waals surface area contributed by atoms with Crippen LogP contribution in [0.15, 0.2) is 30.3 Å². The molecule has 6 nitrogen and oxygen atoms in total. The molecule has 2 atom stereocenters. The molecule has 0 bridgehead atoms. The van der Waals surface area contributed by atoms with Gasteiger partial charge in [-0.1, -0.05) is 30.3 Å². The third-order valence-corrected chi connectivity index (χ3v) is 4.35. The normalized spacial score (nSPS) is 20.8. The molecular formula is C14H16N2O4S. The van der Waals surface area contributed by atoms with E-state index >= 15 is 0 Å². The highest BCUT2D eigenvalue weighted by molar-refractivity contribution is 7.98. The highest BCUT2D eigenvalue weighted by Gasteiger charge is 2.45. The van der Waals surface area contributed by atoms with Crippen molar-refractivity contribution in [2.45, 2.75) is 25.4 Å². The highest BCUT2D eigenvalue weighted by Crippen LogP contribution is 2.28. The largest absolute Gasteiger partial charge is 0.481 e. The number of benzene rings is 1.